The molecule has 0 spiro atoms. The van der Waals surface area contributed by atoms with Gasteiger partial charge in [-0.2, -0.15) is 0 Å². The van der Waals surface area contributed by atoms with Crippen molar-refractivity contribution >= 4 is 11.5 Å². The van der Waals surface area contributed by atoms with Gasteiger partial charge in [0, 0.05) is 18.3 Å². The smallest absolute Gasteiger partial charge is 0.343 e. The van der Waals surface area contributed by atoms with Crippen LogP contribution in [-0.4, -0.2) is 24.1 Å². The molecule has 4 rings (SSSR count). The molecule has 0 aliphatic carbocycles. The van der Waals surface area contributed by atoms with Crippen LogP contribution in [0.3, 0.4) is 0 Å². The number of carbonyl (C=O) groups is 1. The fourth-order valence-electron chi connectivity index (χ4n) is 4.01. The van der Waals surface area contributed by atoms with Gasteiger partial charge in [0.15, 0.2) is 6.61 Å². The standard InChI is InChI=1S/C27H27NO3/c1-19(2)23-17-25-26(31-18-27(29)30-3)14-9-15-28(25)24(23)16-21-12-7-8-13-22(21)20-10-5-4-6-11-20/h4-15,17,19H,16,18H2,1-3H3. The molecule has 0 unspecified atom stereocenters. The van der Waals surface area contributed by atoms with E-state index in [1.54, 1.807) is 0 Å². The van der Waals surface area contributed by atoms with E-state index in [0.29, 0.717) is 11.7 Å². The molecule has 0 amide bonds. The van der Waals surface area contributed by atoms with Gasteiger partial charge in [-0.25, -0.2) is 4.79 Å². The minimum Gasteiger partial charge on any atom is -0.480 e. The number of hydrogen-bond acceptors (Lipinski definition) is 3. The van der Waals surface area contributed by atoms with E-state index in [9.17, 15) is 4.79 Å². The summed E-state index contributed by atoms with van der Waals surface area (Å²) in [5.41, 5.74) is 7.20. The predicted octanol–water partition coefficient (Wildman–Crippen LogP) is 5.87. The highest BCUT2D eigenvalue weighted by Crippen LogP contribution is 2.33. The Balaban J connectivity index is 1.78. The molecule has 0 fully saturated rings. The predicted molar refractivity (Wildman–Crippen MR) is 124 cm³/mol. The van der Waals surface area contributed by atoms with Gasteiger partial charge in [0.25, 0.3) is 0 Å². The molecule has 0 aliphatic rings. The number of hydrogen-bond donors (Lipinski definition) is 0. The minimum absolute atomic E-state index is 0.107. The van der Waals surface area contributed by atoms with Crippen LogP contribution in [0, 0.1) is 0 Å². The van der Waals surface area contributed by atoms with Crippen LogP contribution in [0.25, 0.3) is 16.6 Å². The highest BCUT2D eigenvalue weighted by Gasteiger charge is 2.18. The Labute approximate surface area is 183 Å². The van der Waals surface area contributed by atoms with E-state index in [1.165, 1.54) is 35.1 Å². The number of aromatic nitrogens is 1. The van der Waals surface area contributed by atoms with Gasteiger partial charge in [0.05, 0.1) is 12.6 Å². The largest absolute Gasteiger partial charge is 0.480 e. The van der Waals surface area contributed by atoms with Crippen molar-refractivity contribution in [1.82, 2.24) is 4.40 Å². The van der Waals surface area contributed by atoms with Crippen molar-refractivity contribution in [3.05, 3.63) is 95.8 Å². The molecule has 0 saturated heterocycles. The third-order valence-corrected chi connectivity index (χ3v) is 5.57. The zero-order valence-corrected chi connectivity index (χ0v) is 18.2. The molecule has 0 atom stereocenters. The van der Waals surface area contributed by atoms with E-state index in [0.717, 1.165) is 11.9 Å². The quantitative estimate of drug-likeness (QED) is 0.356. The van der Waals surface area contributed by atoms with Gasteiger partial charge < -0.3 is 13.9 Å². The lowest BCUT2D eigenvalue weighted by molar-refractivity contribution is -0.142. The summed E-state index contributed by atoms with van der Waals surface area (Å²) in [6.07, 6.45) is 2.86. The van der Waals surface area contributed by atoms with Crippen molar-refractivity contribution in [1.29, 1.82) is 0 Å². The molecule has 31 heavy (non-hydrogen) atoms. The van der Waals surface area contributed by atoms with E-state index < -0.39 is 5.97 Å². The maximum Gasteiger partial charge on any atom is 0.343 e. The van der Waals surface area contributed by atoms with Gasteiger partial charge in [0.2, 0.25) is 0 Å². The van der Waals surface area contributed by atoms with Crippen molar-refractivity contribution in [2.75, 3.05) is 13.7 Å². The van der Waals surface area contributed by atoms with E-state index in [-0.39, 0.29) is 6.61 Å². The van der Waals surface area contributed by atoms with Gasteiger partial charge in [-0.05, 0) is 46.4 Å². The maximum atomic E-state index is 11.6. The average Bonchev–Trinajstić information content (AvgIpc) is 3.17. The Kier molecular flexibility index (Phi) is 6.08. The number of benzene rings is 2. The lowest BCUT2D eigenvalue weighted by Gasteiger charge is -2.14. The molecule has 4 heteroatoms. The van der Waals surface area contributed by atoms with Gasteiger partial charge in [-0.3, -0.25) is 0 Å². The second-order valence-electron chi connectivity index (χ2n) is 7.89. The van der Waals surface area contributed by atoms with Crippen LogP contribution < -0.4 is 4.74 Å². The Morgan fingerprint density at radius 2 is 1.71 bits per heavy atom. The Bertz CT molecular complexity index is 1190. The van der Waals surface area contributed by atoms with Crippen LogP contribution in [0.5, 0.6) is 5.75 Å². The number of nitrogens with zero attached hydrogens (tertiary/aromatic N) is 1. The zero-order chi connectivity index (χ0) is 21.8. The minimum atomic E-state index is -0.394. The fraction of sp³-hybridized carbons (Fsp3) is 0.222. The Hall–Kier alpha value is -3.53. The highest BCUT2D eigenvalue weighted by molar-refractivity contribution is 5.72. The summed E-state index contributed by atoms with van der Waals surface area (Å²) in [4.78, 5) is 11.6. The first kappa shape index (κ1) is 20.7. The second-order valence-corrected chi connectivity index (χ2v) is 7.89. The summed E-state index contributed by atoms with van der Waals surface area (Å²) in [5, 5.41) is 0. The van der Waals surface area contributed by atoms with Crippen LogP contribution in [0.15, 0.2) is 79.0 Å². The Morgan fingerprint density at radius 1 is 0.968 bits per heavy atom. The van der Waals surface area contributed by atoms with Crippen LogP contribution in [0.4, 0.5) is 0 Å². The summed E-state index contributed by atoms with van der Waals surface area (Å²) < 4.78 is 12.7. The van der Waals surface area contributed by atoms with Crippen molar-refractivity contribution < 1.29 is 14.3 Å². The number of carbonyl (C=O) groups excluding carboxylic acids is 1. The van der Waals surface area contributed by atoms with Crippen LogP contribution in [0.1, 0.15) is 36.6 Å². The second kappa shape index (κ2) is 9.09. The van der Waals surface area contributed by atoms with Gasteiger partial charge in [-0.15, -0.1) is 0 Å². The molecular weight excluding hydrogens is 386 g/mol. The molecule has 0 N–H and O–H groups in total. The monoisotopic (exact) mass is 413 g/mol. The SMILES string of the molecule is COC(=O)COc1cccn2c(Cc3ccccc3-c3ccccc3)c(C(C)C)cc12. The van der Waals surface area contributed by atoms with E-state index in [2.05, 4.69) is 79.0 Å². The first-order valence-electron chi connectivity index (χ1n) is 10.5. The molecule has 0 saturated carbocycles. The number of pyridine rings is 1. The number of ether oxygens (including phenoxy) is 2. The van der Waals surface area contributed by atoms with Gasteiger partial charge in [-0.1, -0.05) is 68.4 Å². The zero-order valence-electron chi connectivity index (χ0n) is 18.2. The molecule has 4 aromatic rings. The molecule has 2 aromatic carbocycles. The molecule has 0 aliphatic heterocycles. The molecule has 2 aromatic heterocycles. The van der Waals surface area contributed by atoms with Crippen LogP contribution >= 0.6 is 0 Å². The van der Waals surface area contributed by atoms with Crippen LogP contribution in [-0.2, 0) is 16.0 Å². The lowest BCUT2D eigenvalue weighted by atomic mass is 9.94. The third kappa shape index (κ3) is 4.33. The maximum absolute atomic E-state index is 11.6. The molecule has 0 radical (unpaired) electrons. The first-order valence-corrected chi connectivity index (χ1v) is 10.5. The van der Waals surface area contributed by atoms with E-state index in [1.807, 2.05) is 18.2 Å². The number of rotatable bonds is 7. The molecule has 158 valence electrons. The van der Waals surface area contributed by atoms with E-state index >= 15 is 0 Å². The first-order chi connectivity index (χ1) is 15.1. The number of methoxy groups -OCH3 is 1. The summed E-state index contributed by atoms with van der Waals surface area (Å²) in [7, 11) is 1.36. The third-order valence-electron chi connectivity index (χ3n) is 5.57. The summed E-state index contributed by atoms with van der Waals surface area (Å²) in [6, 6.07) is 25.1. The summed E-state index contributed by atoms with van der Waals surface area (Å²) in [6.45, 7) is 4.30. The van der Waals surface area contributed by atoms with Crippen LogP contribution in [0.2, 0.25) is 0 Å². The van der Waals surface area contributed by atoms with Gasteiger partial charge >= 0.3 is 5.97 Å². The molecule has 0 bridgehead atoms. The molecule has 4 nitrogen and oxygen atoms in total. The normalized spacial score (nSPS) is 11.1. The lowest BCUT2D eigenvalue weighted by Crippen LogP contribution is -2.12. The van der Waals surface area contributed by atoms with E-state index in [4.69, 9.17) is 9.47 Å². The summed E-state index contributed by atoms with van der Waals surface area (Å²) >= 11 is 0. The molecular formula is C27H27NO3. The van der Waals surface area contributed by atoms with Crippen molar-refractivity contribution in [2.45, 2.75) is 26.2 Å². The number of esters is 1. The Morgan fingerprint density at radius 3 is 2.45 bits per heavy atom. The number of fused-ring (bicyclic) bond motifs is 1. The molecule has 2 heterocycles. The van der Waals surface area contributed by atoms with Crippen molar-refractivity contribution in [3.63, 3.8) is 0 Å². The van der Waals surface area contributed by atoms with Crippen molar-refractivity contribution in [2.24, 2.45) is 0 Å². The highest BCUT2D eigenvalue weighted by atomic mass is 16.6. The summed E-state index contributed by atoms with van der Waals surface area (Å²) in [5.74, 6) is 0.638. The topological polar surface area (TPSA) is 39.9 Å². The van der Waals surface area contributed by atoms with Gasteiger partial charge in [0.1, 0.15) is 5.75 Å². The van der Waals surface area contributed by atoms with Crippen molar-refractivity contribution in [3.8, 4) is 16.9 Å². The fourth-order valence-corrected chi connectivity index (χ4v) is 4.01. The average molecular weight is 414 g/mol.